The summed E-state index contributed by atoms with van der Waals surface area (Å²) in [5.74, 6) is -0.554. The third-order valence-corrected chi connectivity index (χ3v) is 2.36. The molecule has 1 rings (SSSR count). The second-order valence-electron chi connectivity index (χ2n) is 4.41. The van der Waals surface area contributed by atoms with Crippen molar-refractivity contribution in [3.8, 4) is 0 Å². The fraction of sp³-hybridized carbons (Fsp3) is 1.00. The number of hydrogen-bond donors (Lipinski definition) is 2. The molecule has 1 aliphatic rings. The zero-order chi connectivity index (χ0) is 16.8. The van der Waals surface area contributed by atoms with Crippen LogP contribution in [0.15, 0.2) is 0 Å². The minimum Gasteiger partial charge on any atom is -0.394 e. The molecule has 1 fully saturated rings. The Morgan fingerprint density at radius 1 is 1.15 bits per heavy atom. The van der Waals surface area contributed by atoms with Crippen LogP contribution in [0.3, 0.4) is 0 Å². The van der Waals surface area contributed by atoms with Crippen LogP contribution >= 0.6 is 0 Å². The minimum atomic E-state index is -0.958. The van der Waals surface area contributed by atoms with Crippen molar-refractivity contribution in [3.05, 3.63) is 0 Å². The van der Waals surface area contributed by atoms with Crippen LogP contribution in [0, 0.1) is 5.92 Å². The predicted octanol–water partition coefficient (Wildman–Crippen LogP) is 2.79. The van der Waals surface area contributed by atoms with Gasteiger partial charge in [0, 0.05) is 20.1 Å². The fourth-order valence-corrected chi connectivity index (χ4v) is 1.31. The lowest BCUT2D eigenvalue weighted by atomic mass is 10.1. The molecular formula is C15H36O5. The summed E-state index contributed by atoms with van der Waals surface area (Å²) in [7, 11) is 3.08. The maximum absolute atomic E-state index is 8.72. The first-order valence-corrected chi connectivity index (χ1v) is 7.40. The number of rotatable bonds is 3. The van der Waals surface area contributed by atoms with Crippen LogP contribution in [0.25, 0.3) is 0 Å². The Balaban J connectivity index is -0.000000250. The molecule has 0 aromatic heterocycles. The van der Waals surface area contributed by atoms with Crippen LogP contribution in [0.4, 0.5) is 0 Å². The molecule has 1 heterocycles. The van der Waals surface area contributed by atoms with Crippen LogP contribution < -0.4 is 0 Å². The highest BCUT2D eigenvalue weighted by atomic mass is 16.7. The Kier molecular flexibility index (Phi) is 18.8. The normalized spacial score (nSPS) is 24.4. The lowest BCUT2D eigenvalue weighted by Crippen LogP contribution is -2.20. The van der Waals surface area contributed by atoms with Gasteiger partial charge < -0.3 is 24.4 Å². The van der Waals surface area contributed by atoms with E-state index in [0.29, 0.717) is 5.92 Å². The van der Waals surface area contributed by atoms with E-state index in [-0.39, 0.29) is 19.0 Å². The standard InChI is InChI=1S/C7H14O3.C4H10O2.2C2H6/c1-5-3-6(4-8)10-7(5)9-2;1-4(2,5)6-3;2*1-2/h5-8H,3-4H2,1-2H3;5H,1-3H3;2*1-2H3. The summed E-state index contributed by atoms with van der Waals surface area (Å²) in [4.78, 5) is 0. The van der Waals surface area contributed by atoms with Gasteiger partial charge in [-0.25, -0.2) is 0 Å². The summed E-state index contributed by atoms with van der Waals surface area (Å²) in [6.45, 7) is 13.3. The van der Waals surface area contributed by atoms with E-state index >= 15 is 0 Å². The van der Waals surface area contributed by atoms with Gasteiger partial charge in [-0.2, -0.15) is 0 Å². The highest BCUT2D eigenvalue weighted by Gasteiger charge is 2.31. The summed E-state index contributed by atoms with van der Waals surface area (Å²) in [5.41, 5.74) is 0. The van der Waals surface area contributed by atoms with Crippen molar-refractivity contribution in [2.24, 2.45) is 5.92 Å². The lowest BCUT2D eigenvalue weighted by molar-refractivity contribution is -0.155. The lowest BCUT2D eigenvalue weighted by Gasteiger charge is -2.12. The highest BCUT2D eigenvalue weighted by Crippen LogP contribution is 2.25. The molecule has 1 aliphatic heterocycles. The molecule has 0 amide bonds. The van der Waals surface area contributed by atoms with E-state index in [0.717, 1.165) is 6.42 Å². The third-order valence-electron chi connectivity index (χ3n) is 2.36. The van der Waals surface area contributed by atoms with Gasteiger partial charge in [-0.1, -0.05) is 34.6 Å². The molecule has 0 radical (unpaired) electrons. The van der Waals surface area contributed by atoms with Crippen molar-refractivity contribution >= 4 is 0 Å². The Morgan fingerprint density at radius 2 is 1.55 bits per heavy atom. The van der Waals surface area contributed by atoms with Crippen LogP contribution in [0.2, 0.25) is 0 Å². The van der Waals surface area contributed by atoms with E-state index in [1.54, 1.807) is 21.0 Å². The Hall–Kier alpha value is -0.200. The monoisotopic (exact) mass is 296 g/mol. The first-order valence-electron chi connectivity index (χ1n) is 7.40. The zero-order valence-electron chi connectivity index (χ0n) is 14.8. The maximum Gasteiger partial charge on any atom is 0.160 e. The van der Waals surface area contributed by atoms with Crippen molar-refractivity contribution in [2.45, 2.75) is 73.1 Å². The Morgan fingerprint density at radius 3 is 1.70 bits per heavy atom. The van der Waals surface area contributed by atoms with Crippen molar-refractivity contribution in [2.75, 3.05) is 20.8 Å². The molecule has 1 saturated heterocycles. The van der Waals surface area contributed by atoms with Gasteiger partial charge in [-0.15, -0.1) is 0 Å². The molecule has 0 saturated carbocycles. The van der Waals surface area contributed by atoms with E-state index in [9.17, 15) is 0 Å². The van der Waals surface area contributed by atoms with Gasteiger partial charge in [0.2, 0.25) is 0 Å². The molecule has 20 heavy (non-hydrogen) atoms. The number of aliphatic hydroxyl groups is 2. The van der Waals surface area contributed by atoms with Crippen molar-refractivity contribution in [3.63, 3.8) is 0 Å². The van der Waals surface area contributed by atoms with Gasteiger partial charge >= 0.3 is 0 Å². The van der Waals surface area contributed by atoms with E-state index in [4.69, 9.17) is 19.7 Å². The smallest absolute Gasteiger partial charge is 0.160 e. The third kappa shape index (κ3) is 14.2. The van der Waals surface area contributed by atoms with Crippen molar-refractivity contribution in [1.29, 1.82) is 0 Å². The molecule has 0 aliphatic carbocycles. The maximum atomic E-state index is 8.72. The fourth-order valence-electron chi connectivity index (χ4n) is 1.31. The predicted molar refractivity (Wildman–Crippen MR) is 82.5 cm³/mol. The van der Waals surface area contributed by atoms with E-state index in [1.807, 2.05) is 27.7 Å². The molecule has 0 spiro atoms. The molecule has 0 aromatic rings. The van der Waals surface area contributed by atoms with Gasteiger partial charge in [-0.3, -0.25) is 0 Å². The molecule has 2 N–H and O–H groups in total. The largest absolute Gasteiger partial charge is 0.394 e. The van der Waals surface area contributed by atoms with Gasteiger partial charge in [0.05, 0.1) is 12.7 Å². The summed E-state index contributed by atoms with van der Waals surface area (Å²) < 4.78 is 14.8. The molecule has 0 aromatic carbocycles. The number of methoxy groups -OCH3 is 2. The van der Waals surface area contributed by atoms with Gasteiger partial charge in [0.1, 0.15) is 0 Å². The Bertz CT molecular complexity index is 180. The summed E-state index contributed by atoms with van der Waals surface area (Å²) in [5, 5.41) is 17.3. The van der Waals surface area contributed by atoms with Crippen LogP contribution in [0.1, 0.15) is 54.9 Å². The van der Waals surface area contributed by atoms with E-state index in [2.05, 4.69) is 11.7 Å². The van der Waals surface area contributed by atoms with E-state index in [1.165, 1.54) is 7.11 Å². The first-order chi connectivity index (χ1) is 9.34. The van der Waals surface area contributed by atoms with Gasteiger partial charge in [-0.05, 0) is 20.3 Å². The number of aliphatic hydroxyl groups excluding tert-OH is 1. The second-order valence-corrected chi connectivity index (χ2v) is 4.41. The summed E-state index contributed by atoms with van der Waals surface area (Å²) >= 11 is 0. The number of ether oxygens (including phenoxy) is 3. The molecule has 5 heteroatoms. The highest BCUT2D eigenvalue weighted by molar-refractivity contribution is 4.73. The first kappa shape index (κ1) is 24.8. The van der Waals surface area contributed by atoms with Gasteiger partial charge in [0.25, 0.3) is 0 Å². The molecule has 5 nitrogen and oxygen atoms in total. The topological polar surface area (TPSA) is 68.2 Å². The summed E-state index contributed by atoms with van der Waals surface area (Å²) in [6, 6.07) is 0. The Labute approximate surface area is 125 Å². The van der Waals surface area contributed by atoms with Crippen molar-refractivity contribution in [1.82, 2.24) is 0 Å². The summed E-state index contributed by atoms with van der Waals surface area (Å²) in [6.07, 6.45) is 0.770. The molecule has 3 atom stereocenters. The minimum absolute atomic E-state index is 0.0139. The van der Waals surface area contributed by atoms with Crippen molar-refractivity contribution < 1.29 is 24.4 Å². The molecule has 3 unspecified atom stereocenters. The van der Waals surface area contributed by atoms with Crippen LogP contribution in [-0.4, -0.2) is 49.2 Å². The second kappa shape index (κ2) is 15.2. The average Bonchev–Trinajstić information content (AvgIpc) is 2.83. The molecule has 126 valence electrons. The van der Waals surface area contributed by atoms with Crippen LogP contribution in [-0.2, 0) is 14.2 Å². The quantitative estimate of drug-likeness (QED) is 0.784. The average molecular weight is 296 g/mol. The SMILES string of the molecule is CC.CC.COC(C)(C)O.COC1OC(CO)CC1C. The van der Waals surface area contributed by atoms with Crippen LogP contribution in [0.5, 0.6) is 0 Å². The zero-order valence-corrected chi connectivity index (χ0v) is 14.8. The molecule has 0 bridgehead atoms. The van der Waals surface area contributed by atoms with Gasteiger partial charge in [0.15, 0.2) is 12.1 Å². The molecular weight excluding hydrogens is 260 g/mol. The van der Waals surface area contributed by atoms with E-state index < -0.39 is 5.79 Å². The number of hydrogen-bond acceptors (Lipinski definition) is 5.